The van der Waals surface area contributed by atoms with E-state index in [9.17, 15) is 9.18 Å². The number of benzene rings is 2. The van der Waals surface area contributed by atoms with Crippen molar-refractivity contribution in [1.82, 2.24) is 9.88 Å². The number of carbonyl (C=O) groups is 1. The molecule has 9 heteroatoms. The van der Waals surface area contributed by atoms with Crippen molar-refractivity contribution in [3.05, 3.63) is 92.9 Å². The Labute approximate surface area is 212 Å². The molecule has 1 fully saturated rings. The molecule has 1 N–H and O–H groups in total. The maximum atomic E-state index is 14.3. The van der Waals surface area contributed by atoms with Gasteiger partial charge in [0.1, 0.15) is 11.0 Å². The van der Waals surface area contributed by atoms with Crippen molar-refractivity contribution in [3.8, 4) is 0 Å². The van der Waals surface area contributed by atoms with E-state index in [1.807, 2.05) is 24.3 Å². The minimum Gasteiger partial charge on any atom is -0.367 e. The summed E-state index contributed by atoms with van der Waals surface area (Å²) in [7, 11) is 0. The summed E-state index contributed by atoms with van der Waals surface area (Å²) in [6.45, 7) is 3.86. The minimum atomic E-state index is -0.598. The van der Waals surface area contributed by atoms with Crippen LogP contribution in [0.3, 0.4) is 0 Å². The molecule has 1 amide bonds. The van der Waals surface area contributed by atoms with Crippen molar-refractivity contribution < 1.29 is 9.18 Å². The fourth-order valence-electron chi connectivity index (χ4n) is 3.72. The molecule has 2 heterocycles. The summed E-state index contributed by atoms with van der Waals surface area (Å²) in [4.78, 5) is 21.0. The van der Waals surface area contributed by atoms with Gasteiger partial charge in [0.15, 0.2) is 0 Å². The topological polar surface area (TPSA) is 48.5 Å². The van der Waals surface area contributed by atoms with Crippen LogP contribution in [0, 0.1) is 5.82 Å². The monoisotopic (exact) mass is 518 g/mol. The Balaban J connectivity index is 1.41. The van der Waals surface area contributed by atoms with Gasteiger partial charge >= 0.3 is 0 Å². The lowest BCUT2D eigenvalue weighted by Crippen LogP contribution is -2.46. The van der Waals surface area contributed by atoms with E-state index in [4.69, 9.17) is 34.8 Å². The van der Waals surface area contributed by atoms with Crippen molar-refractivity contribution >= 4 is 58.2 Å². The number of pyridine rings is 1. The van der Waals surface area contributed by atoms with E-state index in [0.717, 1.165) is 25.2 Å². The molecule has 34 heavy (non-hydrogen) atoms. The molecule has 0 radical (unpaired) electrons. The van der Waals surface area contributed by atoms with Gasteiger partial charge < -0.3 is 10.2 Å². The van der Waals surface area contributed by atoms with E-state index in [1.54, 1.807) is 12.1 Å². The standard InChI is InChI=1S/C25H22Cl3FN4O/c26-19-5-3-17(4-6-19)2-1-9-32-10-12-33(13-11-32)23-15-20(27)21(29)16-22(23)31-25(34)18-7-8-30-24(28)14-18/h1-8,14-16H,9-13H2,(H,31,34). The van der Waals surface area contributed by atoms with E-state index in [2.05, 4.69) is 32.3 Å². The molecule has 1 aromatic heterocycles. The lowest BCUT2D eigenvalue weighted by molar-refractivity contribution is 0.102. The third-order valence-electron chi connectivity index (χ3n) is 5.53. The van der Waals surface area contributed by atoms with Gasteiger partial charge in [-0.2, -0.15) is 0 Å². The van der Waals surface area contributed by atoms with E-state index in [-0.39, 0.29) is 10.2 Å². The zero-order valence-electron chi connectivity index (χ0n) is 18.1. The predicted molar refractivity (Wildman–Crippen MR) is 138 cm³/mol. The number of piperazine rings is 1. The highest BCUT2D eigenvalue weighted by molar-refractivity contribution is 6.31. The number of carbonyl (C=O) groups excluding carboxylic acids is 1. The maximum Gasteiger partial charge on any atom is 0.255 e. The SMILES string of the molecule is O=C(Nc1cc(F)c(Cl)cc1N1CCN(CC=Cc2ccc(Cl)cc2)CC1)c1ccnc(Cl)c1. The maximum absolute atomic E-state index is 14.3. The second-order valence-corrected chi connectivity index (χ2v) is 9.08. The summed E-state index contributed by atoms with van der Waals surface area (Å²) >= 11 is 17.9. The summed E-state index contributed by atoms with van der Waals surface area (Å²) in [5.74, 6) is -1.00. The zero-order valence-corrected chi connectivity index (χ0v) is 20.4. The van der Waals surface area contributed by atoms with Crippen LogP contribution in [0.5, 0.6) is 0 Å². The molecule has 1 aliphatic heterocycles. The van der Waals surface area contributed by atoms with Gasteiger partial charge in [-0.15, -0.1) is 0 Å². The molecule has 1 aliphatic rings. The first-order valence-corrected chi connectivity index (χ1v) is 11.8. The van der Waals surface area contributed by atoms with Crippen LogP contribution in [0.1, 0.15) is 15.9 Å². The van der Waals surface area contributed by atoms with Crippen LogP contribution in [0.4, 0.5) is 15.8 Å². The van der Waals surface area contributed by atoms with E-state index in [1.165, 1.54) is 18.3 Å². The molecule has 4 rings (SSSR count). The van der Waals surface area contributed by atoms with Crippen LogP contribution >= 0.6 is 34.8 Å². The van der Waals surface area contributed by atoms with Crippen LogP contribution in [-0.2, 0) is 0 Å². The van der Waals surface area contributed by atoms with Gasteiger partial charge in [-0.25, -0.2) is 9.37 Å². The summed E-state index contributed by atoms with van der Waals surface area (Å²) in [6.07, 6.45) is 5.64. The lowest BCUT2D eigenvalue weighted by Gasteiger charge is -2.36. The summed E-state index contributed by atoms with van der Waals surface area (Å²) < 4.78 is 14.3. The van der Waals surface area contributed by atoms with Crippen LogP contribution in [0.25, 0.3) is 6.08 Å². The summed E-state index contributed by atoms with van der Waals surface area (Å²) in [5.41, 5.74) is 2.46. The molecule has 0 saturated carbocycles. The van der Waals surface area contributed by atoms with Gasteiger partial charge in [-0.05, 0) is 35.9 Å². The number of nitrogens with one attached hydrogen (secondary N) is 1. The predicted octanol–water partition coefficient (Wildman–Crippen LogP) is 6.27. The Hall–Kier alpha value is -2.64. The molecule has 0 unspecified atom stereocenters. The Bertz CT molecular complexity index is 1200. The Kier molecular flexibility index (Phi) is 8.06. The normalized spacial score (nSPS) is 14.5. The number of aromatic nitrogens is 1. The van der Waals surface area contributed by atoms with Crippen LogP contribution < -0.4 is 10.2 Å². The molecule has 0 bridgehead atoms. The number of hydrogen-bond donors (Lipinski definition) is 1. The Morgan fingerprint density at radius 2 is 1.76 bits per heavy atom. The number of rotatable bonds is 6. The van der Waals surface area contributed by atoms with E-state index >= 15 is 0 Å². The largest absolute Gasteiger partial charge is 0.367 e. The average Bonchev–Trinajstić information content (AvgIpc) is 2.83. The number of amides is 1. The molecule has 0 aliphatic carbocycles. The number of halogens is 4. The third kappa shape index (κ3) is 6.27. The molecule has 5 nitrogen and oxygen atoms in total. The molecular weight excluding hydrogens is 498 g/mol. The first-order chi connectivity index (χ1) is 16.4. The lowest BCUT2D eigenvalue weighted by atomic mass is 10.1. The van der Waals surface area contributed by atoms with Gasteiger partial charge in [0.05, 0.1) is 16.4 Å². The van der Waals surface area contributed by atoms with Crippen molar-refractivity contribution in [1.29, 1.82) is 0 Å². The van der Waals surface area contributed by atoms with Crippen LogP contribution in [0.2, 0.25) is 15.2 Å². The van der Waals surface area contributed by atoms with E-state index < -0.39 is 11.7 Å². The van der Waals surface area contributed by atoms with Gasteiger partial charge in [-0.3, -0.25) is 9.69 Å². The molecule has 176 valence electrons. The summed E-state index contributed by atoms with van der Waals surface area (Å²) in [5, 5.41) is 3.72. The van der Waals surface area contributed by atoms with Gasteiger partial charge in [0, 0.05) is 55.6 Å². The highest BCUT2D eigenvalue weighted by atomic mass is 35.5. The molecular formula is C25H22Cl3FN4O. The fourth-order valence-corrected chi connectivity index (χ4v) is 4.18. The highest BCUT2D eigenvalue weighted by Gasteiger charge is 2.21. The molecule has 1 saturated heterocycles. The first kappa shape index (κ1) is 24.5. The number of nitrogens with zero attached hydrogens (tertiary/aromatic N) is 3. The second-order valence-electron chi connectivity index (χ2n) is 7.85. The zero-order chi connectivity index (χ0) is 24.1. The molecule has 0 atom stereocenters. The van der Waals surface area contributed by atoms with Crippen molar-refractivity contribution in [2.75, 3.05) is 42.9 Å². The first-order valence-electron chi connectivity index (χ1n) is 10.7. The Morgan fingerprint density at radius 3 is 2.47 bits per heavy atom. The third-order valence-corrected chi connectivity index (χ3v) is 6.28. The van der Waals surface area contributed by atoms with Crippen molar-refractivity contribution in [3.63, 3.8) is 0 Å². The van der Waals surface area contributed by atoms with Gasteiger partial charge in [0.25, 0.3) is 5.91 Å². The van der Waals surface area contributed by atoms with Gasteiger partial charge in [0.2, 0.25) is 0 Å². The summed E-state index contributed by atoms with van der Waals surface area (Å²) in [6, 6.07) is 13.5. The highest BCUT2D eigenvalue weighted by Crippen LogP contribution is 2.33. The smallest absolute Gasteiger partial charge is 0.255 e. The van der Waals surface area contributed by atoms with E-state index in [0.29, 0.717) is 35.1 Å². The second kappa shape index (κ2) is 11.2. The minimum absolute atomic E-state index is 0.00767. The number of anilines is 2. The van der Waals surface area contributed by atoms with Crippen LogP contribution in [0.15, 0.2) is 60.8 Å². The molecule has 3 aromatic rings. The Morgan fingerprint density at radius 1 is 1.03 bits per heavy atom. The quantitative estimate of drug-likeness (QED) is 0.390. The van der Waals surface area contributed by atoms with Gasteiger partial charge in [-0.1, -0.05) is 59.1 Å². The molecule has 0 spiro atoms. The van der Waals surface area contributed by atoms with Crippen molar-refractivity contribution in [2.24, 2.45) is 0 Å². The average molecular weight is 520 g/mol. The fraction of sp³-hybridized carbons (Fsp3) is 0.200. The molecule has 2 aromatic carbocycles. The number of hydrogen-bond acceptors (Lipinski definition) is 4. The van der Waals surface area contributed by atoms with Crippen LogP contribution in [-0.4, -0.2) is 48.5 Å². The van der Waals surface area contributed by atoms with Crippen molar-refractivity contribution in [2.45, 2.75) is 0 Å².